The van der Waals surface area contributed by atoms with Gasteiger partial charge in [0.2, 0.25) is 0 Å². The van der Waals surface area contributed by atoms with Gasteiger partial charge in [-0.3, -0.25) is 4.90 Å². The SMILES string of the molecule is CC(C)c1ncnc(N2CCN(Cc3nc(C(F)(F)F)cs3)CC2)c1F. The van der Waals surface area contributed by atoms with Crippen molar-refractivity contribution in [2.75, 3.05) is 31.1 Å². The lowest BCUT2D eigenvalue weighted by Crippen LogP contribution is -2.46. The topological polar surface area (TPSA) is 45.2 Å². The molecule has 142 valence electrons. The van der Waals surface area contributed by atoms with Gasteiger partial charge in [-0.25, -0.2) is 19.3 Å². The minimum absolute atomic E-state index is 0.0363. The van der Waals surface area contributed by atoms with Gasteiger partial charge in [0, 0.05) is 31.6 Å². The van der Waals surface area contributed by atoms with Crippen molar-refractivity contribution in [3.63, 3.8) is 0 Å². The van der Waals surface area contributed by atoms with E-state index < -0.39 is 17.7 Å². The maximum Gasteiger partial charge on any atom is 0.434 e. The van der Waals surface area contributed by atoms with Crippen molar-refractivity contribution in [1.29, 1.82) is 0 Å². The van der Waals surface area contributed by atoms with E-state index in [2.05, 4.69) is 15.0 Å². The molecule has 0 atom stereocenters. The fourth-order valence-electron chi connectivity index (χ4n) is 2.82. The monoisotopic (exact) mass is 389 g/mol. The van der Waals surface area contributed by atoms with Gasteiger partial charge in [0.25, 0.3) is 0 Å². The molecule has 0 amide bonds. The van der Waals surface area contributed by atoms with E-state index in [1.165, 1.54) is 6.33 Å². The fraction of sp³-hybridized carbons (Fsp3) is 0.562. The van der Waals surface area contributed by atoms with Crippen LogP contribution < -0.4 is 4.90 Å². The smallest absolute Gasteiger partial charge is 0.352 e. The van der Waals surface area contributed by atoms with Gasteiger partial charge in [0.1, 0.15) is 11.3 Å². The standard InChI is InChI=1S/C16H19F4N5S/c1-10(2)14-13(17)15(22-9-21-14)25-5-3-24(4-6-25)7-12-23-11(8-26-12)16(18,19)20/h8-10H,3-7H2,1-2H3. The van der Waals surface area contributed by atoms with E-state index >= 15 is 0 Å². The maximum atomic E-state index is 14.6. The van der Waals surface area contributed by atoms with Crippen LogP contribution in [0.3, 0.4) is 0 Å². The van der Waals surface area contributed by atoms with Crippen LogP contribution in [0, 0.1) is 5.82 Å². The van der Waals surface area contributed by atoms with Crippen LogP contribution in [0.25, 0.3) is 0 Å². The lowest BCUT2D eigenvalue weighted by atomic mass is 10.1. The second-order valence-corrected chi connectivity index (χ2v) is 7.38. The maximum absolute atomic E-state index is 14.6. The zero-order valence-electron chi connectivity index (χ0n) is 14.4. The Morgan fingerprint density at radius 3 is 2.42 bits per heavy atom. The molecule has 0 unspecified atom stereocenters. The van der Waals surface area contributed by atoms with Crippen molar-refractivity contribution in [2.45, 2.75) is 32.5 Å². The van der Waals surface area contributed by atoms with E-state index in [-0.39, 0.29) is 11.7 Å². The Hall–Kier alpha value is -1.81. The molecule has 1 aliphatic heterocycles. The summed E-state index contributed by atoms with van der Waals surface area (Å²) in [7, 11) is 0. The van der Waals surface area contributed by atoms with Crippen LogP contribution in [0.1, 0.15) is 36.2 Å². The summed E-state index contributed by atoms with van der Waals surface area (Å²) < 4.78 is 52.4. The zero-order chi connectivity index (χ0) is 18.9. The number of thiazole rings is 1. The van der Waals surface area contributed by atoms with Crippen LogP contribution in [0.15, 0.2) is 11.7 Å². The molecule has 0 aliphatic carbocycles. The molecular formula is C16H19F4N5S. The number of aromatic nitrogens is 3. The van der Waals surface area contributed by atoms with Gasteiger partial charge in [0.15, 0.2) is 17.3 Å². The molecule has 0 bridgehead atoms. The Balaban J connectivity index is 1.61. The van der Waals surface area contributed by atoms with E-state index in [9.17, 15) is 17.6 Å². The molecule has 3 rings (SSSR count). The van der Waals surface area contributed by atoms with Crippen molar-refractivity contribution in [2.24, 2.45) is 0 Å². The van der Waals surface area contributed by atoms with Crippen molar-refractivity contribution < 1.29 is 17.6 Å². The molecule has 0 radical (unpaired) electrons. The van der Waals surface area contributed by atoms with E-state index in [4.69, 9.17) is 0 Å². The molecule has 2 aromatic heterocycles. The highest BCUT2D eigenvalue weighted by Gasteiger charge is 2.34. The number of anilines is 1. The molecule has 10 heteroatoms. The van der Waals surface area contributed by atoms with E-state index in [1.54, 1.807) is 0 Å². The average Bonchev–Trinajstić information content (AvgIpc) is 3.04. The number of nitrogens with zero attached hydrogens (tertiary/aromatic N) is 5. The van der Waals surface area contributed by atoms with E-state index in [0.29, 0.717) is 43.4 Å². The summed E-state index contributed by atoms with van der Waals surface area (Å²) in [4.78, 5) is 15.6. The summed E-state index contributed by atoms with van der Waals surface area (Å²) in [6.07, 6.45) is -3.04. The molecule has 2 aromatic rings. The van der Waals surface area contributed by atoms with Crippen molar-refractivity contribution in [3.05, 3.63) is 33.9 Å². The minimum Gasteiger partial charge on any atom is -0.352 e. The summed E-state index contributed by atoms with van der Waals surface area (Å²) in [5.41, 5.74) is -0.458. The number of rotatable bonds is 4. The highest BCUT2D eigenvalue weighted by Crippen LogP contribution is 2.30. The van der Waals surface area contributed by atoms with Crippen LogP contribution in [0.5, 0.6) is 0 Å². The Morgan fingerprint density at radius 1 is 1.15 bits per heavy atom. The minimum atomic E-state index is -4.41. The van der Waals surface area contributed by atoms with E-state index in [0.717, 1.165) is 16.7 Å². The highest BCUT2D eigenvalue weighted by molar-refractivity contribution is 7.09. The van der Waals surface area contributed by atoms with Gasteiger partial charge in [-0.15, -0.1) is 11.3 Å². The third-order valence-corrected chi connectivity index (χ3v) is 5.05. The lowest BCUT2D eigenvalue weighted by molar-refractivity contribution is -0.140. The van der Waals surface area contributed by atoms with Gasteiger partial charge in [0.05, 0.1) is 12.2 Å². The molecule has 0 aromatic carbocycles. The second kappa shape index (κ2) is 7.43. The van der Waals surface area contributed by atoms with Gasteiger partial charge < -0.3 is 4.90 Å². The summed E-state index contributed by atoms with van der Waals surface area (Å²) in [6, 6.07) is 0. The van der Waals surface area contributed by atoms with Crippen LogP contribution in [0.4, 0.5) is 23.4 Å². The van der Waals surface area contributed by atoms with Crippen molar-refractivity contribution in [3.8, 4) is 0 Å². The number of alkyl halides is 3. The Morgan fingerprint density at radius 2 is 1.85 bits per heavy atom. The Bertz CT molecular complexity index is 753. The predicted octanol–water partition coefficient (Wildman–Crippen LogP) is 3.54. The Kier molecular flexibility index (Phi) is 5.42. The van der Waals surface area contributed by atoms with Crippen molar-refractivity contribution >= 4 is 17.2 Å². The molecule has 0 spiro atoms. The third-order valence-electron chi connectivity index (χ3n) is 4.22. The molecule has 1 saturated heterocycles. The second-order valence-electron chi connectivity index (χ2n) is 6.44. The fourth-order valence-corrected chi connectivity index (χ4v) is 3.66. The number of hydrogen-bond donors (Lipinski definition) is 0. The lowest BCUT2D eigenvalue weighted by Gasteiger charge is -2.35. The number of hydrogen-bond acceptors (Lipinski definition) is 6. The van der Waals surface area contributed by atoms with Gasteiger partial charge in [-0.2, -0.15) is 13.2 Å². The first-order valence-corrected chi connectivity index (χ1v) is 9.13. The molecule has 0 N–H and O–H groups in total. The molecule has 1 aliphatic rings. The zero-order valence-corrected chi connectivity index (χ0v) is 15.2. The largest absolute Gasteiger partial charge is 0.434 e. The molecule has 5 nitrogen and oxygen atoms in total. The predicted molar refractivity (Wildman–Crippen MR) is 90.7 cm³/mol. The van der Waals surface area contributed by atoms with Gasteiger partial charge in [-0.05, 0) is 5.92 Å². The Labute approximate surface area is 152 Å². The number of piperazine rings is 1. The first kappa shape index (κ1) is 19.0. The molecule has 1 fully saturated rings. The summed E-state index contributed by atoms with van der Waals surface area (Å²) in [5.74, 6) is -0.145. The van der Waals surface area contributed by atoms with Crippen LogP contribution in [0.2, 0.25) is 0 Å². The van der Waals surface area contributed by atoms with E-state index in [1.807, 2.05) is 23.6 Å². The highest BCUT2D eigenvalue weighted by atomic mass is 32.1. The first-order valence-electron chi connectivity index (χ1n) is 8.25. The average molecular weight is 389 g/mol. The molecule has 26 heavy (non-hydrogen) atoms. The third kappa shape index (κ3) is 4.12. The summed E-state index contributed by atoms with van der Waals surface area (Å²) in [5, 5.41) is 1.47. The quantitative estimate of drug-likeness (QED) is 0.749. The molecule has 0 saturated carbocycles. The van der Waals surface area contributed by atoms with Gasteiger partial charge in [-0.1, -0.05) is 13.8 Å². The van der Waals surface area contributed by atoms with Crippen LogP contribution in [-0.4, -0.2) is 46.0 Å². The summed E-state index contributed by atoms with van der Waals surface area (Å²) >= 11 is 1.01. The van der Waals surface area contributed by atoms with Crippen LogP contribution >= 0.6 is 11.3 Å². The molecular weight excluding hydrogens is 370 g/mol. The first-order chi connectivity index (χ1) is 12.3. The van der Waals surface area contributed by atoms with Gasteiger partial charge >= 0.3 is 6.18 Å². The normalized spacial score (nSPS) is 16.5. The van der Waals surface area contributed by atoms with Crippen molar-refractivity contribution in [1.82, 2.24) is 19.9 Å². The van der Waals surface area contributed by atoms with Crippen LogP contribution in [-0.2, 0) is 12.7 Å². The molecule has 3 heterocycles. The summed E-state index contributed by atoms with van der Waals surface area (Å²) in [6.45, 7) is 6.39. The number of halogens is 4.